The van der Waals surface area contributed by atoms with E-state index in [0.717, 1.165) is 56.3 Å². The lowest BCUT2D eigenvalue weighted by Crippen LogP contribution is -2.47. The Morgan fingerprint density at radius 1 is 1.50 bits per heavy atom. The van der Waals surface area contributed by atoms with Crippen LogP contribution in [0.4, 0.5) is 0 Å². The molecule has 1 aliphatic rings. The van der Waals surface area contributed by atoms with Gasteiger partial charge in [-0.25, -0.2) is 4.98 Å². The Morgan fingerprint density at radius 2 is 2.21 bits per heavy atom. The number of hydrogen-bond donors (Lipinski definition) is 1. The van der Waals surface area contributed by atoms with E-state index in [9.17, 15) is 4.79 Å². The van der Waals surface area contributed by atoms with Crippen molar-refractivity contribution in [3.05, 3.63) is 16.1 Å². The molecular weight excluding hydrogens is 439 g/mol. The number of thiazole rings is 1. The highest BCUT2D eigenvalue weighted by Gasteiger charge is 2.26. The van der Waals surface area contributed by atoms with Crippen LogP contribution in [0, 0.1) is 5.92 Å². The Hall–Kier alpha value is -0.900. The number of likely N-dealkylation sites (tertiary alicyclic amines) is 1. The van der Waals surface area contributed by atoms with Crippen LogP contribution in [0.1, 0.15) is 29.7 Å². The van der Waals surface area contributed by atoms with Gasteiger partial charge in [-0.2, -0.15) is 0 Å². The molecule has 0 atom stereocenters. The number of rotatable bonds is 5. The van der Waals surface area contributed by atoms with Crippen LogP contribution in [0.15, 0.2) is 11.2 Å². The smallest absolute Gasteiger partial charge is 0.308 e. The minimum Gasteiger partial charge on any atom is -0.469 e. The van der Waals surface area contributed by atoms with Gasteiger partial charge < -0.3 is 15.0 Å². The van der Waals surface area contributed by atoms with Crippen LogP contribution >= 0.6 is 35.3 Å². The molecule has 8 heteroatoms. The number of carbonyl (C=O) groups is 1. The Kier molecular flexibility index (Phi) is 9.57. The Morgan fingerprint density at radius 3 is 2.75 bits per heavy atom. The van der Waals surface area contributed by atoms with Crippen molar-refractivity contribution < 1.29 is 9.53 Å². The molecular formula is C16H27IN4O2S. The summed E-state index contributed by atoms with van der Waals surface area (Å²) in [6.07, 6.45) is 5.55. The average molecular weight is 466 g/mol. The molecule has 6 nitrogen and oxygen atoms in total. The van der Waals surface area contributed by atoms with Crippen molar-refractivity contribution in [3.8, 4) is 0 Å². The lowest BCUT2D eigenvalue weighted by Gasteiger charge is -2.33. The lowest BCUT2D eigenvalue weighted by atomic mass is 9.97. The summed E-state index contributed by atoms with van der Waals surface area (Å²) in [7, 11) is 3.26. The number of carbonyl (C=O) groups excluding carboxylic acids is 1. The Balaban J connectivity index is 0.00000288. The normalized spacial score (nSPS) is 15.8. The van der Waals surface area contributed by atoms with Crippen molar-refractivity contribution in [1.82, 2.24) is 15.2 Å². The zero-order valence-corrected chi connectivity index (χ0v) is 17.7. The molecule has 0 aliphatic carbocycles. The maximum atomic E-state index is 11.6. The van der Waals surface area contributed by atoms with E-state index in [-0.39, 0.29) is 35.9 Å². The maximum Gasteiger partial charge on any atom is 0.308 e. The number of aliphatic imine (C=N–C) groups is 1. The monoisotopic (exact) mass is 466 g/mol. The fourth-order valence-corrected chi connectivity index (χ4v) is 3.60. The number of nitrogens with one attached hydrogen (secondary N) is 1. The Labute approximate surface area is 165 Å². The zero-order valence-electron chi connectivity index (χ0n) is 14.6. The van der Waals surface area contributed by atoms with Crippen molar-refractivity contribution in [2.45, 2.75) is 32.6 Å². The van der Waals surface area contributed by atoms with Gasteiger partial charge >= 0.3 is 5.97 Å². The number of aromatic nitrogens is 1. The van der Waals surface area contributed by atoms with Gasteiger partial charge in [0.25, 0.3) is 0 Å². The van der Waals surface area contributed by atoms with E-state index in [0.29, 0.717) is 0 Å². The van der Waals surface area contributed by atoms with E-state index < -0.39 is 0 Å². The molecule has 0 spiro atoms. The minimum absolute atomic E-state index is 0. The van der Waals surface area contributed by atoms with Gasteiger partial charge in [-0.1, -0.05) is 6.92 Å². The highest BCUT2D eigenvalue weighted by Crippen LogP contribution is 2.18. The number of guanidine groups is 1. The molecule has 1 aliphatic heterocycles. The molecule has 1 aromatic rings. The molecule has 1 fully saturated rings. The first-order chi connectivity index (χ1) is 11.2. The number of hydrogen-bond acceptors (Lipinski definition) is 5. The average Bonchev–Trinajstić information content (AvgIpc) is 3.06. The third-order valence-electron chi connectivity index (χ3n) is 4.11. The van der Waals surface area contributed by atoms with Crippen LogP contribution in [-0.2, 0) is 22.4 Å². The number of esters is 1. The van der Waals surface area contributed by atoms with Gasteiger partial charge in [0.2, 0.25) is 0 Å². The van der Waals surface area contributed by atoms with Crippen molar-refractivity contribution >= 4 is 47.2 Å². The third-order valence-corrected chi connectivity index (χ3v) is 5.31. The number of halogens is 1. The molecule has 2 heterocycles. The van der Waals surface area contributed by atoms with Crippen molar-refractivity contribution in [1.29, 1.82) is 0 Å². The van der Waals surface area contributed by atoms with E-state index in [1.165, 1.54) is 12.0 Å². The van der Waals surface area contributed by atoms with Crippen molar-refractivity contribution in [2.75, 3.05) is 33.8 Å². The molecule has 1 saturated heterocycles. The third kappa shape index (κ3) is 5.87. The second-order valence-electron chi connectivity index (χ2n) is 5.58. The van der Waals surface area contributed by atoms with Crippen molar-refractivity contribution in [3.63, 3.8) is 0 Å². The van der Waals surface area contributed by atoms with E-state index in [1.54, 1.807) is 18.4 Å². The molecule has 2 rings (SSSR count). The summed E-state index contributed by atoms with van der Waals surface area (Å²) < 4.78 is 4.83. The summed E-state index contributed by atoms with van der Waals surface area (Å²) in [6.45, 7) is 4.63. The van der Waals surface area contributed by atoms with Gasteiger partial charge in [0.1, 0.15) is 0 Å². The largest absolute Gasteiger partial charge is 0.469 e. The van der Waals surface area contributed by atoms with E-state index >= 15 is 0 Å². The minimum atomic E-state index is -0.0944. The second kappa shape index (κ2) is 10.9. The highest BCUT2D eigenvalue weighted by molar-refractivity contribution is 14.0. The van der Waals surface area contributed by atoms with Crippen LogP contribution in [-0.4, -0.2) is 55.6 Å². The van der Waals surface area contributed by atoms with Gasteiger partial charge in [-0.3, -0.25) is 9.79 Å². The van der Waals surface area contributed by atoms with Crippen LogP contribution in [0.25, 0.3) is 0 Å². The molecule has 1 N–H and O–H groups in total. The predicted octanol–water partition coefficient (Wildman–Crippen LogP) is 2.33. The number of methoxy groups -OCH3 is 1. The molecule has 0 unspecified atom stereocenters. The standard InChI is InChI=1S/C16H26N4O2S.HI/c1-4-13-11-19-14(23-13)5-8-18-16(17-2)20-9-6-12(7-10-20)15(21)22-3;/h11-12H,4-10H2,1-3H3,(H,17,18);1H. The summed E-state index contributed by atoms with van der Waals surface area (Å²) in [6, 6.07) is 0. The van der Waals surface area contributed by atoms with Crippen molar-refractivity contribution in [2.24, 2.45) is 10.9 Å². The molecule has 136 valence electrons. The molecule has 0 bridgehead atoms. The quantitative estimate of drug-likeness (QED) is 0.312. The number of nitrogens with zero attached hydrogens (tertiary/aromatic N) is 3. The topological polar surface area (TPSA) is 66.8 Å². The number of piperidine rings is 1. The van der Waals surface area contributed by atoms with Gasteiger partial charge in [0.05, 0.1) is 18.0 Å². The fraction of sp³-hybridized carbons (Fsp3) is 0.688. The fourth-order valence-electron chi connectivity index (χ4n) is 2.73. The predicted molar refractivity (Wildman–Crippen MR) is 108 cm³/mol. The van der Waals surface area contributed by atoms with E-state index in [1.807, 2.05) is 6.20 Å². The summed E-state index contributed by atoms with van der Waals surface area (Å²) >= 11 is 1.78. The second-order valence-corrected chi connectivity index (χ2v) is 6.78. The molecule has 0 aromatic carbocycles. The van der Waals surface area contributed by atoms with Gasteiger partial charge in [-0.15, -0.1) is 35.3 Å². The van der Waals surface area contributed by atoms with Crippen LogP contribution in [0.5, 0.6) is 0 Å². The summed E-state index contributed by atoms with van der Waals surface area (Å²) in [5.74, 6) is 0.834. The van der Waals surface area contributed by atoms with Crippen LogP contribution in [0.2, 0.25) is 0 Å². The Bertz CT molecular complexity index is 542. The van der Waals surface area contributed by atoms with Crippen LogP contribution in [0.3, 0.4) is 0 Å². The first-order valence-corrected chi connectivity index (χ1v) is 8.96. The summed E-state index contributed by atoms with van der Waals surface area (Å²) in [5, 5.41) is 4.56. The van der Waals surface area contributed by atoms with Gasteiger partial charge in [0.15, 0.2) is 5.96 Å². The SMILES string of the molecule is CCc1cnc(CCNC(=NC)N2CCC(C(=O)OC)CC2)s1.I. The highest BCUT2D eigenvalue weighted by atomic mass is 127. The number of ether oxygens (including phenoxy) is 1. The molecule has 1 aromatic heterocycles. The summed E-state index contributed by atoms with van der Waals surface area (Å²) in [4.78, 5) is 23.9. The van der Waals surface area contributed by atoms with E-state index in [4.69, 9.17) is 4.74 Å². The molecule has 0 radical (unpaired) electrons. The van der Waals surface area contributed by atoms with Crippen LogP contribution < -0.4 is 5.32 Å². The zero-order chi connectivity index (χ0) is 16.7. The lowest BCUT2D eigenvalue weighted by molar-refractivity contribution is -0.146. The molecule has 24 heavy (non-hydrogen) atoms. The maximum absolute atomic E-state index is 11.6. The molecule has 0 saturated carbocycles. The van der Waals surface area contributed by atoms with Gasteiger partial charge in [-0.05, 0) is 19.3 Å². The van der Waals surface area contributed by atoms with Gasteiger partial charge in [0, 0.05) is 44.2 Å². The first-order valence-electron chi connectivity index (χ1n) is 8.15. The van der Waals surface area contributed by atoms with E-state index in [2.05, 4.69) is 27.1 Å². The number of aryl methyl sites for hydroxylation is 1. The summed E-state index contributed by atoms with van der Waals surface area (Å²) in [5.41, 5.74) is 0. The molecule has 0 amide bonds. The first kappa shape index (κ1) is 21.1.